The molecule has 17 amide bonds. The summed E-state index contributed by atoms with van der Waals surface area (Å²) >= 11 is 2.15. The summed E-state index contributed by atoms with van der Waals surface area (Å²) in [5.74, 6) is -23.0. The second-order valence-electron chi connectivity index (χ2n) is 31.7. The third kappa shape index (κ3) is 34.0. The number of nitrogens with zero attached hydrogens (tertiary/aromatic N) is 3. The van der Waals surface area contributed by atoms with Crippen molar-refractivity contribution in [2.75, 3.05) is 56.6 Å². The number of carboxylic acid groups (broad SMARTS) is 2. The van der Waals surface area contributed by atoms with Gasteiger partial charge >= 0.3 is 11.9 Å². The normalized spacial score (nSPS) is 26.6. The van der Waals surface area contributed by atoms with Crippen molar-refractivity contribution in [3.8, 4) is 0 Å². The Morgan fingerprint density at radius 2 is 0.951 bits per heavy atom. The SMILES string of the molecule is CC(C)C[C@@H]1NC(=O)[C@H](CC(C)C)NC(=O)[C@H](CO)NC(=O)[C@H](CC(=O)O)NC(=O)[C@@H]2CCCN2C(=O)[C@@H]2CCCN2C(=O)[C@H](C(C)C)NC(=O)[C@H](CC(=O)O)NC(=O)[C@H](CC(N)=O)NC(=O)[C@H](CCCN=C(N)N)NC(=O)[C@@H]2CSC=CCCSC[C@H](NC1=O)C(=O)N[C@@H](Cc1ccccc1)C(=O)NCCC(=O)NCCC(=O)N[C@@H](C(C)C)C(=O)N2. The summed E-state index contributed by atoms with van der Waals surface area (Å²) in [6.45, 7) is 11.1. The molecule has 0 aromatic heterocycles. The van der Waals surface area contributed by atoms with Crippen LogP contribution in [-0.2, 0) is 97.5 Å². The lowest BCUT2D eigenvalue weighted by Gasteiger charge is -2.34. The molecule has 4 aliphatic heterocycles. The summed E-state index contributed by atoms with van der Waals surface area (Å²) in [6, 6.07) is -14.1. The van der Waals surface area contributed by atoms with Gasteiger partial charge in [-0.2, -0.15) is 11.8 Å². The van der Waals surface area contributed by atoms with Gasteiger partial charge in [-0.3, -0.25) is 96.1 Å². The zero-order valence-electron chi connectivity index (χ0n) is 69.9. The molecular weight excluding hydrogens is 1630 g/mol. The number of rotatable bonds is 19. The molecule has 4 heterocycles. The van der Waals surface area contributed by atoms with Crippen molar-refractivity contribution >= 4 is 142 Å². The van der Waals surface area contributed by atoms with Gasteiger partial charge in [0.1, 0.15) is 84.6 Å². The average Bonchev–Trinajstić information content (AvgIpc) is 1.65. The highest BCUT2D eigenvalue weighted by Crippen LogP contribution is 2.28. The van der Waals surface area contributed by atoms with Crippen LogP contribution < -0.4 is 91.6 Å². The number of carboxylic acids is 2. The van der Waals surface area contributed by atoms with E-state index in [1.807, 2.05) is 0 Å². The molecule has 4 aliphatic rings. The lowest BCUT2D eigenvalue weighted by molar-refractivity contribution is -0.149. The van der Waals surface area contributed by atoms with Crippen molar-refractivity contribution in [1.29, 1.82) is 0 Å². The number of carbonyl (C=O) groups excluding carboxylic acids is 17. The number of aliphatic hydroxyl groups is 1. The fraction of sp³-hybridized carbons (Fsp3) is 0.641. The van der Waals surface area contributed by atoms with Crippen molar-refractivity contribution in [3.63, 3.8) is 0 Å². The summed E-state index contributed by atoms with van der Waals surface area (Å²) in [5, 5.41) is 67.8. The number of benzene rings is 1. The van der Waals surface area contributed by atoms with Gasteiger partial charge in [0.15, 0.2) is 5.96 Å². The van der Waals surface area contributed by atoms with Crippen molar-refractivity contribution in [2.45, 2.75) is 236 Å². The van der Waals surface area contributed by atoms with Gasteiger partial charge < -0.3 is 117 Å². The molecule has 0 aliphatic carbocycles. The van der Waals surface area contributed by atoms with Gasteiger partial charge in [0.05, 0.1) is 25.9 Å². The monoisotopic (exact) mass is 1750 g/mol. The molecule has 2 bridgehead atoms. The van der Waals surface area contributed by atoms with E-state index in [0.29, 0.717) is 5.56 Å². The first-order chi connectivity index (χ1) is 57.7. The second kappa shape index (κ2) is 50.9. The predicted molar refractivity (Wildman–Crippen MR) is 445 cm³/mol. The van der Waals surface area contributed by atoms with Crippen LogP contribution in [0.5, 0.6) is 0 Å². The summed E-state index contributed by atoms with van der Waals surface area (Å²) in [6.07, 6.45) is -2.41. The summed E-state index contributed by atoms with van der Waals surface area (Å²) in [5.41, 5.74) is 17.4. The van der Waals surface area contributed by atoms with Gasteiger partial charge in [0.25, 0.3) is 0 Å². The van der Waals surface area contributed by atoms with Gasteiger partial charge in [0.2, 0.25) is 100 Å². The van der Waals surface area contributed by atoms with Gasteiger partial charge in [-0.1, -0.05) is 91.8 Å². The molecule has 44 heteroatoms. The van der Waals surface area contributed by atoms with E-state index in [4.69, 9.17) is 17.2 Å². The number of hydrogen-bond acceptors (Lipinski definition) is 23. The van der Waals surface area contributed by atoms with Crippen LogP contribution in [0.2, 0.25) is 0 Å². The molecule has 0 saturated carbocycles. The van der Waals surface area contributed by atoms with Crippen LogP contribution in [0.25, 0.3) is 0 Å². The average molecular weight is 1750 g/mol. The number of allylic oxidation sites excluding steroid dienone is 1. The fourth-order valence-electron chi connectivity index (χ4n) is 13.7. The van der Waals surface area contributed by atoms with Crippen LogP contribution in [0.4, 0.5) is 0 Å². The Labute approximate surface area is 715 Å². The number of guanidine groups is 1. The van der Waals surface area contributed by atoms with Crippen molar-refractivity contribution < 1.29 is 106 Å². The Morgan fingerprint density at radius 3 is 1.51 bits per heavy atom. The third-order valence-electron chi connectivity index (χ3n) is 20.0. The minimum absolute atomic E-state index is 0.0133. The number of aliphatic imine (C=N–C) groups is 1. The smallest absolute Gasteiger partial charge is 0.305 e. The van der Waals surface area contributed by atoms with E-state index in [0.717, 1.165) is 33.3 Å². The summed E-state index contributed by atoms with van der Waals surface area (Å²) in [4.78, 5) is 275. The molecular formula is C78H120N20O22S2. The largest absolute Gasteiger partial charge is 0.481 e. The predicted octanol–water partition coefficient (Wildman–Crippen LogP) is -5.29. The molecule has 122 heavy (non-hydrogen) atoms. The first kappa shape index (κ1) is 101. The van der Waals surface area contributed by atoms with Crippen LogP contribution in [0.15, 0.2) is 46.8 Å². The number of nitrogens with one attached hydrogen (secondary N) is 14. The minimum Gasteiger partial charge on any atom is -0.481 e. The Balaban J connectivity index is 1.65. The molecule has 42 nitrogen and oxygen atoms in total. The maximum atomic E-state index is 14.9. The molecule has 0 radical (unpaired) electrons. The van der Waals surface area contributed by atoms with E-state index < -0.39 is 235 Å². The number of primary amides is 1. The molecule has 5 rings (SSSR count). The van der Waals surface area contributed by atoms with E-state index >= 15 is 0 Å². The maximum absolute atomic E-state index is 14.9. The van der Waals surface area contributed by atoms with Crippen LogP contribution in [-0.4, -0.2) is 285 Å². The number of nitrogens with two attached hydrogens (primary N) is 3. The van der Waals surface area contributed by atoms with Crippen molar-refractivity contribution in [3.05, 3.63) is 47.4 Å². The van der Waals surface area contributed by atoms with Gasteiger partial charge in [-0.05, 0) is 98.2 Å². The van der Waals surface area contributed by atoms with Gasteiger partial charge in [0, 0.05) is 63.5 Å². The molecule has 0 unspecified atom stereocenters. The zero-order valence-corrected chi connectivity index (χ0v) is 71.5. The number of amides is 17. The zero-order chi connectivity index (χ0) is 90.6. The summed E-state index contributed by atoms with van der Waals surface area (Å²) < 4.78 is 0. The molecule has 23 N–H and O–H groups in total. The highest BCUT2D eigenvalue weighted by Gasteiger charge is 2.46. The Hall–Kier alpha value is -11.2. The van der Waals surface area contributed by atoms with Gasteiger partial charge in [-0.15, -0.1) is 11.8 Å². The van der Waals surface area contributed by atoms with E-state index in [1.165, 1.54) is 13.8 Å². The van der Waals surface area contributed by atoms with Crippen LogP contribution >= 0.6 is 23.5 Å². The summed E-state index contributed by atoms with van der Waals surface area (Å²) in [7, 11) is 0. The minimum atomic E-state index is -2.08. The van der Waals surface area contributed by atoms with Gasteiger partial charge in [-0.25, -0.2) is 0 Å². The van der Waals surface area contributed by atoms with E-state index in [9.17, 15) is 106 Å². The molecule has 1 aromatic rings. The number of aliphatic hydroxyl groups excluding tert-OH is 1. The van der Waals surface area contributed by atoms with E-state index in [2.05, 4.69) is 79.4 Å². The second-order valence-corrected chi connectivity index (χ2v) is 33.8. The fourth-order valence-corrected chi connectivity index (χ4v) is 15.4. The van der Waals surface area contributed by atoms with Crippen LogP contribution in [0.3, 0.4) is 0 Å². The van der Waals surface area contributed by atoms with Crippen molar-refractivity contribution in [2.24, 2.45) is 45.9 Å². The number of aliphatic carboxylic acids is 2. The first-order valence-electron chi connectivity index (χ1n) is 40.7. The Morgan fingerprint density at radius 1 is 0.484 bits per heavy atom. The molecule has 1 aromatic carbocycles. The Kier molecular flexibility index (Phi) is 42.3. The van der Waals surface area contributed by atoms with Crippen LogP contribution in [0.1, 0.15) is 151 Å². The standard InChI is InChI=1S/C78H120N20O22S2/c1-40(2)31-46-66(109)86-47(32-41(3)4)67(110)93-53-38-121-29-12-13-30-122-39-54(94-75(118)62(42(5)6)95-59(102)23-25-82-58(101)22-26-83-64(107)48(88-73(53)116)33-44-17-10-9-11-18-44)72(115)85-45(19-14-24-84-78(80)81)65(108)89-49(34-57(79)100)68(111)90-51(36-61(105)106)70(113)96-63(43(7)8)77(120)98-28-16-21-56(98)76(119)97-27-15-20-55(97)74(117)91-50(35-60(103)104)69(112)92-52(37-99)71(114)87-46/h9-11,13,17-18,30,40-43,45-56,62-63,99H,12,14-16,19-29,31-39H2,1-8H3,(H2,79,100)(H,82,101)(H,83,107)(H,85,115)(H,86,109)(H,87,114)(H,88,116)(H,89,108)(H,90,111)(H,91,117)(H,92,112)(H,93,110)(H,94,118)(H,95,102)(H,96,113)(H,103,104)(H,105,106)(H4,80,81,84)/t45-,46-,47-,48-,49-,50-,51-,52-,53-,54-,55-,56-,62-,63-/m0/s1. The first-order valence-corrected chi connectivity index (χ1v) is 42.9. The molecule has 2 saturated heterocycles. The van der Waals surface area contributed by atoms with Crippen molar-refractivity contribution in [1.82, 2.24) is 84.2 Å². The molecule has 676 valence electrons. The number of thioether (sulfide) groups is 2. The highest BCUT2D eigenvalue weighted by atomic mass is 32.2. The van der Waals surface area contributed by atoms with Crippen LogP contribution in [0, 0.1) is 23.7 Å². The number of fused-ring (bicyclic) bond motifs is 10. The molecule has 0 spiro atoms. The lowest BCUT2D eigenvalue weighted by Crippen LogP contribution is -2.62. The topological polar surface area (TPSA) is 650 Å². The number of hydrogen-bond donors (Lipinski definition) is 20. The lowest BCUT2D eigenvalue weighted by atomic mass is 9.99. The third-order valence-corrected chi connectivity index (χ3v) is 22.0. The molecule has 14 atom stereocenters. The number of carbonyl (C=O) groups is 19. The molecule has 2 fully saturated rings. The van der Waals surface area contributed by atoms with E-state index in [-0.39, 0.29) is 145 Å². The van der Waals surface area contributed by atoms with E-state index in [1.54, 1.807) is 83.4 Å². The maximum Gasteiger partial charge on any atom is 0.305 e. The highest BCUT2D eigenvalue weighted by molar-refractivity contribution is 8.02. The quantitative estimate of drug-likeness (QED) is 0.0349. The Bertz CT molecular complexity index is 3950.